The minimum atomic E-state index is 0. The number of aryl methyl sites for hydroxylation is 1. The molecule has 33 heavy (non-hydrogen) atoms. The number of hydrogen-bond donors (Lipinski definition) is 0. The Morgan fingerprint density at radius 2 is 0.636 bits per heavy atom. The van der Waals surface area contributed by atoms with Crippen LogP contribution in [0.5, 0.6) is 0 Å². The van der Waals surface area contributed by atoms with Gasteiger partial charge in [0.1, 0.15) is 6.54 Å². The van der Waals surface area contributed by atoms with Crippen LogP contribution in [0.4, 0.5) is 0 Å². The van der Waals surface area contributed by atoms with Crippen LogP contribution < -0.4 is 21.5 Å². The Morgan fingerprint density at radius 3 is 0.939 bits per heavy atom. The lowest BCUT2D eigenvalue weighted by Crippen LogP contribution is -3.00. The second-order valence-corrected chi connectivity index (χ2v) is 10.2. The second-order valence-electron chi connectivity index (χ2n) is 10.2. The molecule has 0 fully saturated rings. The van der Waals surface area contributed by atoms with Crippen LogP contribution in [-0.2, 0) is 6.54 Å². The Hall–Kier alpha value is -0.370. The van der Waals surface area contributed by atoms with E-state index in [1.54, 1.807) is 0 Å². The first kappa shape index (κ1) is 32.6. The van der Waals surface area contributed by atoms with Crippen LogP contribution >= 0.6 is 0 Å². The molecule has 1 aromatic heterocycles. The van der Waals surface area contributed by atoms with Crippen molar-refractivity contribution in [3.63, 3.8) is 0 Å². The smallest absolute Gasteiger partial charge is 0.168 e. The van der Waals surface area contributed by atoms with Crippen molar-refractivity contribution < 1.29 is 21.5 Å². The van der Waals surface area contributed by atoms with Crippen molar-refractivity contribution in [3.05, 3.63) is 30.6 Å². The summed E-state index contributed by atoms with van der Waals surface area (Å²) in [6.45, 7) is 3.48. The van der Waals surface area contributed by atoms with Gasteiger partial charge in [-0.2, -0.15) is 0 Å². The van der Waals surface area contributed by atoms with Crippen LogP contribution in [0.25, 0.3) is 0 Å². The van der Waals surface area contributed by atoms with E-state index in [1.807, 2.05) is 0 Å². The van der Waals surface area contributed by atoms with E-state index in [0.29, 0.717) is 0 Å². The summed E-state index contributed by atoms with van der Waals surface area (Å²) in [5.41, 5.74) is 0. The first-order valence-corrected chi connectivity index (χ1v) is 14.9. The molecule has 0 saturated heterocycles. The van der Waals surface area contributed by atoms with E-state index in [2.05, 4.69) is 42.1 Å². The number of pyridine rings is 1. The van der Waals surface area contributed by atoms with Gasteiger partial charge in [0.15, 0.2) is 12.4 Å². The molecule has 0 atom stereocenters. The summed E-state index contributed by atoms with van der Waals surface area (Å²) >= 11 is 0. The van der Waals surface area contributed by atoms with Crippen molar-refractivity contribution in [3.8, 4) is 0 Å². The lowest BCUT2D eigenvalue weighted by molar-refractivity contribution is -0.697. The number of unbranched alkanes of at least 4 members (excludes halogenated alkanes) is 23. The van der Waals surface area contributed by atoms with Gasteiger partial charge < -0.3 is 17.0 Å². The topological polar surface area (TPSA) is 3.88 Å². The van der Waals surface area contributed by atoms with Crippen molar-refractivity contribution >= 4 is 0 Å². The van der Waals surface area contributed by atoms with E-state index < -0.39 is 0 Å². The van der Waals surface area contributed by atoms with Crippen LogP contribution in [0.3, 0.4) is 0 Å². The van der Waals surface area contributed by atoms with E-state index >= 15 is 0 Å². The molecule has 0 aliphatic rings. The summed E-state index contributed by atoms with van der Waals surface area (Å²) in [5, 5.41) is 0. The van der Waals surface area contributed by atoms with Crippen molar-refractivity contribution in [2.75, 3.05) is 0 Å². The Morgan fingerprint density at radius 1 is 0.364 bits per heavy atom. The van der Waals surface area contributed by atoms with Gasteiger partial charge in [0.2, 0.25) is 0 Å². The van der Waals surface area contributed by atoms with Crippen molar-refractivity contribution in [2.45, 2.75) is 168 Å². The highest BCUT2D eigenvalue weighted by Gasteiger charge is 1.98. The van der Waals surface area contributed by atoms with Gasteiger partial charge in [-0.15, -0.1) is 0 Å². The second kappa shape index (κ2) is 27.9. The van der Waals surface area contributed by atoms with Crippen LogP contribution in [0.2, 0.25) is 0 Å². The molecule has 0 aliphatic carbocycles. The van der Waals surface area contributed by atoms with E-state index in [0.717, 1.165) is 0 Å². The molecule has 0 radical (unpaired) electrons. The summed E-state index contributed by atoms with van der Waals surface area (Å²) in [6, 6.07) is 6.34. The van der Waals surface area contributed by atoms with Crippen LogP contribution in [0, 0.1) is 0 Å². The van der Waals surface area contributed by atoms with E-state index in [9.17, 15) is 0 Å². The number of hydrogen-bond acceptors (Lipinski definition) is 0. The van der Waals surface area contributed by atoms with Gasteiger partial charge in [-0.3, -0.25) is 0 Å². The molecule has 194 valence electrons. The standard InChI is InChI=1S/C31H58N.BrH/c1-2-3-4-5-6-7-8-9-10-11-12-13-14-15-16-17-18-19-20-21-22-23-24-26-29-32-30-27-25-28-31-32;/h25,27-28,30-31H,2-24,26,29H2,1H3;1H/q+1;/p-1. The molecule has 0 bridgehead atoms. The van der Waals surface area contributed by atoms with Crippen molar-refractivity contribution in [1.82, 2.24) is 0 Å². The van der Waals surface area contributed by atoms with Crippen LogP contribution in [0.15, 0.2) is 30.6 Å². The lowest BCUT2D eigenvalue weighted by Gasteiger charge is -2.04. The summed E-state index contributed by atoms with van der Waals surface area (Å²) in [6.07, 6.45) is 39.4. The third-order valence-corrected chi connectivity index (χ3v) is 7.05. The fourth-order valence-corrected chi connectivity index (χ4v) is 4.84. The maximum atomic E-state index is 2.30. The molecule has 0 amide bonds. The SMILES string of the molecule is CCCCCCCCCCCCCCCCCCCCCCCCCC[n+]1ccccc1.[Br-]. The zero-order valence-corrected chi connectivity index (χ0v) is 24.0. The highest BCUT2D eigenvalue weighted by Crippen LogP contribution is 2.15. The Balaban J connectivity index is 0.0000102. The highest BCUT2D eigenvalue weighted by molar-refractivity contribution is 4.83. The van der Waals surface area contributed by atoms with Gasteiger partial charge >= 0.3 is 0 Å². The van der Waals surface area contributed by atoms with Gasteiger partial charge in [-0.25, -0.2) is 4.57 Å². The fraction of sp³-hybridized carbons (Fsp3) is 0.839. The number of halogens is 1. The molecule has 1 heterocycles. The zero-order valence-electron chi connectivity index (χ0n) is 22.4. The molecular weight excluding hydrogens is 466 g/mol. The van der Waals surface area contributed by atoms with Gasteiger partial charge in [0, 0.05) is 18.6 Å². The van der Waals surface area contributed by atoms with Gasteiger partial charge in [-0.1, -0.05) is 154 Å². The highest BCUT2D eigenvalue weighted by atomic mass is 79.9. The fourth-order valence-electron chi connectivity index (χ4n) is 4.84. The van der Waals surface area contributed by atoms with Crippen LogP contribution in [0.1, 0.15) is 161 Å². The predicted octanol–water partition coefficient (Wildman–Crippen LogP) is 7.36. The quantitative estimate of drug-likeness (QED) is 0.0929. The molecule has 0 aliphatic heterocycles. The molecule has 0 spiro atoms. The normalized spacial score (nSPS) is 10.9. The number of nitrogens with zero attached hydrogens (tertiary/aromatic N) is 1. The molecule has 0 N–H and O–H groups in total. The van der Waals surface area contributed by atoms with Crippen LogP contribution in [-0.4, -0.2) is 0 Å². The van der Waals surface area contributed by atoms with E-state index in [1.165, 1.54) is 161 Å². The Kier molecular flexibility index (Phi) is 27.6. The van der Waals surface area contributed by atoms with Gasteiger partial charge in [0.05, 0.1) is 0 Å². The van der Waals surface area contributed by atoms with Crippen molar-refractivity contribution in [2.24, 2.45) is 0 Å². The minimum Gasteiger partial charge on any atom is -1.00 e. The lowest BCUT2D eigenvalue weighted by atomic mass is 10.0. The molecule has 2 heteroatoms. The first-order valence-electron chi connectivity index (χ1n) is 14.9. The third kappa shape index (κ3) is 24.6. The third-order valence-electron chi connectivity index (χ3n) is 7.05. The first-order chi connectivity index (χ1) is 15.9. The van der Waals surface area contributed by atoms with Gasteiger partial charge in [-0.05, 0) is 6.42 Å². The average molecular weight is 525 g/mol. The molecule has 1 rings (SSSR count). The predicted molar refractivity (Wildman–Crippen MR) is 143 cm³/mol. The number of rotatable bonds is 25. The van der Waals surface area contributed by atoms with E-state index in [-0.39, 0.29) is 17.0 Å². The molecule has 0 saturated carbocycles. The summed E-state index contributed by atoms with van der Waals surface area (Å²) in [5.74, 6) is 0. The summed E-state index contributed by atoms with van der Waals surface area (Å²) < 4.78 is 2.30. The molecule has 1 aromatic rings. The Bertz CT molecular complexity index is 461. The molecule has 0 unspecified atom stereocenters. The maximum Gasteiger partial charge on any atom is 0.168 e. The van der Waals surface area contributed by atoms with Crippen molar-refractivity contribution in [1.29, 1.82) is 0 Å². The molecule has 0 aromatic carbocycles. The largest absolute Gasteiger partial charge is 1.00 e. The van der Waals surface area contributed by atoms with Gasteiger partial charge in [0.25, 0.3) is 0 Å². The summed E-state index contributed by atoms with van der Waals surface area (Å²) in [7, 11) is 0. The monoisotopic (exact) mass is 523 g/mol. The zero-order chi connectivity index (χ0) is 22.8. The molecular formula is C31H58BrN. The Labute approximate surface area is 219 Å². The minimum absolute atomic E-state index is 0. The number of aromatic nitrogens is 1. The maximum absolute atomic E-state index is 2.30. The van der Waals surface area contributed by atoms with E-state index in [4.69, 9.17) is 0 Å². The average Bonchev–Trinajstić information content (AvgIpc) is 2.82. The molecule has 1 nitrogen and oxygen atoms in total. The summed E-state index contributed by atoms with van der Waals surface area (Å²) in [4.78, 5) is 0.